The monoisotopic (exact) mass is 463 g/mol. The van der Waals surface area contributed by atoms with Gasteiger partial charge in [-0.25, -0.2) is 5.43 Å². The molecule has 172 valence electrons. The Morgan fingerprint density at radius 1 is 0.771 bits per heavy atom. The molecule has 0 saturated carbocycles. The van der Waals surface area contributed by atoms with Crippen molar-refractivity contribution in [2.45, 2.75) is 0 Å². The zero-order valence-corrected chi connectivity index (χ0v) is 18.6. The zero-order valence-electron chi connectivity index (χ0n) is 18.6. The molecule has 0 bridgehead atoms. The number of hydrogen-bond donors (Lipinski definition) is 2. The summed E-state index contributed by atoms with van der Waals surface area (Å²) in [6, 6.07) is 27.8. The Morgan fingerprint density at radius 3 is 2.37 bits per heavy atom. The van der Waals surface area contributed by atoms with Crippen LogP contribution in [0.3, 0.4) is 0 Å². The van der Waals surface area contributed by atoms with Crippen molar-refractivity contribution in [1.82, 2.24) is 10.7 Å². The lowest BCUT2D eigenvalue weighted by molar-refractivity contribution is -0.117. The lowest BCUT2D eigenvalue weighted by Gasteiger charge is -2.09. The first-order valence-corrected chi connectivity index (χ1v) is 11.0. The molecule has 2 N–H and O–H groups in total. The maximum absolute atomic E-state index is 13.0. The van der Waals surface area contributed by atoms with Gasteiger partial charge in [0.15, 0.2) is 11.5 Å². The lowest BCUT2D eigenvalue weighted by Crippen LogP contribution is -2.32. The molecule has 35 heavy (non-hydrogen) atoms. The summed E-state index contributed by atoms with van der Waals surface area (Å²) in [6.45, 7) is 0.143. The summed E-state index contributed by atoms with van der Waals surface area (Å²) in [5.41, 5.74) is 4.45. The van der Waals surface area contributed by atoms with Crippen molar-refractivity contribution in [3.63, 3.8) is 0 Å². The summed E-state index contributed by atoms with van der Waals surface area (Å²) in [4.78, 5) is 25.7. The molecule has 0 atom stereocenters. The van der Waals surface area contributed by atoms with E-state index in [1.54, 1.807) is 54.8 Å². The van der Waals surface area contributed by atoms with Gasteiger partial charge in [0.2, 0.25) is 6.79 Å². The highest BCUT2D eigenvalue weighted by Crippen LogP contribution is 2.33. The predicted molar refractivity (Wildman–Crippen MR) is 134 cm³/mol. The van der Waals surface area contributed by atoms with E-state index in [2.05, 4.69) is 15.8 Å². The van der Waals surface area contributed by atoms with Gasteiger partial charge in [0.05, 0.1) is 6.21 Å². The molecule has 4 aromatic carbocycles. The van der Waals surface area contributed by atoms with E-state index in [-0.39, 0.29) is 12.5 Å². The summed E-state index contributed by atoms with van der Waals surface area (Å²) in [5, 5.41) is 8.96. The summed E-state index contributed by atoms with van der Waals surface area (Å²) in [6.07, 6.45) is 3.12. The Hall–Kier alpha value is -4.91. The van der Waals surface area contributed by atoms with Gasteiger partial charge in [0.25, 0.3) is 11.8 Å². The second-order valence-corrected chi connectivity index (χ2v) is 7.80. The predicted octanol–water partition coefficient (Wildman–Crippen LogP) is 4.49. The van der Waals surface area contributed by atoms with E-state index >= 15 is 0 Å². The first-order valence-electron chi connectivity index (χ1n) is 11.0. The second kappa shape index (κ2) is 9.93. The molecule has 0 saturated heterocycles. The average molecular weight is 463 g/mol. The van der Waals surface area contributed by atoms with Crippen LogP contribution in [0.15, 0.2) is 102 Å². The van der Waals surface area contributed by atoms with E-state index in [0.717, 1.165) is 16.3 Å². The SMILES string of the molecule is O=C(N/N=C\c1ccc2ccccc2c1)/C(=C\c1ccc2c(c1)OCO2)NC(=O)c1ccccc1. The third kappa shape index (κ3) is 5.20. The minimum Gasteiger partial charge on any atom is -0.454 e. The van der Waals surface area contributed by atoms with Crippen molar-refractivity contribution in [2.24, 2.45) is 5.10 Å². The largest absolute Gasteiger partial charge is 0.454 e. The molecule has 0 spiro atoms. The van der Waals surface area contributed by atoms with Gasteiger partial charge in [-0.2, -0.15) is 5.10 Å². The highest BCUT2D eigenvalue weighted by Gasteiger charge is 2.16. The van der Waals surface area contributed by atoms with Crippen molar-refractivity contribution >= 4 is 34.9 Å². The number of hydrazone groups is 1. The number of amides is 2. The summed E-state index contributed by atoms with van der Waals surface area (Å²) in [7, 11) is 0. The zero-order chi connectivity index (χ0) is 24.0. The second-order valence-electron chi connectivity index (χ2n) is 7.80. The Morgan fingerprint density at radius 2 is 1.51 bits per heavy atom. The first kappa shape index (κ1) is 21.9. The summed E-state index contributed by atoms with van der Waals surface area (Å²) >= 11 is 0. The number of carbonyl (C=O) groups is 2. The third-order valence-electron chi connectivity index (χ3n) is 5.39. The number of carbonyl (C=O) groups excluding carboxylic acids is 2. The maximum atomic E-state index is 13.0. The number of hydrogen-bond acceptors (Lipinski definition) is 5. The molecule has 1 aliphatic rings. The van der Waals surface area contributed by atoms with Gasteiger partial charge in [-0.1, -0.05) is 60.7 Å². The van der Waals surface area contributed by atoms with Crippen LogP contribution in [0.5, 0.6) is 11.5 Å². The number of nitrogens with zero attached hydrogens (tertiary/aromatic N) is 1. The van der Waals surface area contributed by atoms with Gasteiger partial charge in [-0.15, -0.1) is 0 Å². The van der Waals surface area contributed by atoms with E-state index in [0.29, 0.717) is 22.6 Å². The van der Waals surface area contributed by atoms with Crippen LogP contribution in [-0.2, 0) is 4.79 Å². The third-order valence-corrected chi connectivity index (χ3v) is 5.39. The molecular formula is C28H21N3O4. The molecule has 0 fully saturated rings. The van der Waals surface area contributed by atoms with Gasteiger partial charge in [-0.05, 0) is 58.3 Å². The van der Waals surface area contributed by atoms with E-state index < -0.39 is 11.8 Å². The van der Waals surface area contributed by atoms with Crippen LogP contribution in [-0.4, -0.2) is 24.8 Å². The quantitative estimate of drug-likeness (QED) is 0.251. The summed E-state index contributed by atoms with van der Waals surface area (Å²) < 4.78 is 10.8. The standard InChI is InChI=1S/C28H21N3O4/c32-27(22-7-2-1-3-8-22)30-24(15-19-11-13-25-26(16-19)35-18-34-25)28(33)31-29-17-20-10-12-21-6-4-5-9-23(21)14-20/h1-17H,18H2,(H,30,32)(H,31,33)/b24-15+,29-17-. The van der Waals surface area contributed by atoms with Gasteiger partial charge in [0.1, 0.15) is 5.70 Å². The topological polar surface area (TPSA) is 89.0 Å². The number of rotatable bonds is 6. The Bertz CT molecular complexity index is 1460. The molecule has 0 aliphatic carbocycles. The molecule has 1 aliphatic heterocycles. The average Bonchev–Trinajstić information content (AvgIpc) is 3.36. The smallest absolute Gasteiger partial charge is 0.287 e. The Kier molecular flexibility index (Phi) is 6.21. The van der Waals surface area contributed by atoms with Crippen LogP contribution in [0, 0.1) is 0 Å². The minimum absolute atomic E-state index is 0.0355. The van der Waals surface area contributed by atoms with Gasteiger partial charge in [0, 0.05) is 5.56 Å². The van der Waals surface area contributed by atoms with Crippen molar-refractivity contribution in [2.75, 3.05) is 6.79 Å². The first-order chi connectivity index (χ1) is 17.2. The van der Waals surface area contributed by atoms with E-state index in [9.17, 15) is 9.59 Å². The van der Waals surface area contributed by atoms with Crippen LogP contribution >= 0.6 is 0 Å². The van der Waals surface area contributed by atoms with E-state index in [4.69, 9.17) is 9.47 Å². The fourth-order valence-corrected chi connectivity index (χ4v) is 3.63. The van der Waals surface area contributed by atoms with E-state index in [1.165, 1.54) is 0 Å². The number of benzene rings is 4. The molecule has 5 rings (SSSR count). The van der Waals surface area contributed by atoms with Crippen molar-refractivity contribution in [1.29, 1.82) is 0 Å². The molecule has 0 radical (unpaired) electrons. The van der Waals surface area contributed by atoms with Gasteiger partial charge < -0.3 is 14.8 Å². The van der Waals surface area contributed by atoms with Crippen LogP contribution in [0.2, 0.25) is 0 Å². The molecule has 1 heterocycles. The fourth-order valence-electron chi connectivity index (χ4n) is 3.63. The molecular weight excluding hydrogens is 442 g/mol. The van der Waals surface area contributed by atoms with Crippen LogP contribution < -0.4 is 20.2 Å². The normalized spacial score (nSPS) is 12.6. The Labute approximate surface area is 201 Å². The van der Waals surface area contributed by atoms with Crippen LogP contribution in [0.4, 0.5) is 0 Å². The highest BCUT2D eigenvalue weighted by atomic mass is 16.7. The van der Waals surface area contributed by atoms with Crippen LogP contribution in [0.1, 0.15) is 21.5 Å². The number of ether oxygens (including phenoxy) is 2. The maximum Gasteiger partial charge on any atom is 0.287 e. The van der Waals surface area contributed by atoms with Gasteiger partial charge >= 0.3 is 0 Å². The fraction of sp³-hybridized carbons (Fsp3) is 0.0357. The summed E-state index contributed by atoms with van der Waals surface area (Å²) in [5.74, 6) is 0.221. The highest BCUT2D eigenvalue weighted by molar-refractivity contribution is 6.05. The number of fused-ring (bicyclic) bond motifs is 2. The van der Waals surface area contributed by atoms with Crippen molar-refractivity contribution < 1.29 is 19.1 Å². The number of nitrogens with one attached hydrogen (secondary N) is 2. The molecule has 0 aromatic heterocycles. The molecule has 2 amide bonds. The van der Waals surface area contributed by atoms with Gasteiger partial charge in [-0.3, -0.25) is 9.59 Å². The molecule has 4 aromatic rings. The molecule has 0 unspecified atom stereocenters. The minimum atomic E-state index is -0.566. The van der Waals surface area contributed by atoms with Crippen LogP contribution in [0.25, 0.3) is 16.8 Å². The molecule has 7 heteroatoms. The van der Waals surface area contributed by atoms with E-state index in [1.807, 2.05) is 48.5 Å². The molecule has 7 nitrogen and oxygen atoms in total. The van der Waals surface area contributed by atoms with Crippen molar-refractivity contribution in [3.05, 3.63) is 113 Å². The van der Waals surface area contributed by atoms with Crippen molar-refractivity contribution in [3.8, 4) is 11.5 Å². The lowest BCUT2D eigenvalue weighted by atomic mass is 10.1. The Balaban J connectivity index is 1.37.